The van der Waals surface area contributed by atoms with Crippen LogP contribution in [-0.4, -0.2) is 24.8 Å². The van der Waals surface area contributed by atoms with E-state index in [9.17, 15) is 0 Å². The summed E-state index contributed by atoms with van der Waals surface area (Å²) in [6.45, 7) is 2.22. The van der Waals surface area contributed by atoms with E-state index in [1.54, 1.807) is 0 Å². The Hall–Kier alpha value is -0.900. The van der Waals surface area contributed by atoms with Crippen molar-refractivity contribution < 1.29 is 9.84 Å². The standard InChI is InChI=1S/C14H19NO2/c16-10-5-13-11-3-1-2-4-12(11)14(17-13)6-8-15-9-7-14/h1-4,13,15-16H,5-10H2. The number of ether oxygens (including phenoxy) is 1. The Labute approximate surface area is 102 Å². The Bertz CT molecular complexity index is 399. The number of hydrogen-bond acceptors (Lipinski definition) is 3. The fraction of sp³-hybridized carbons (Fsp3) is 0.571. The van der Waals surface area contributed by atoms with Gasteiger partial charge in [-0.2, -0.15) is 0 Å². The molecule has 0 bridgehead atoms. The summed E-state index contributed by atoms with van der Waals surface area (Å²) in [5.74, 6) is 0. The monoisotopic (exact) mass is 233 g/mol. The lowest BCUT2D eigenvalue weighted by Crippen LogP contribution is -2.39. The van der Waals surface area contributed by atoms with E-state index < -0.39 is 0 Å². The van der Waals surface area contributed by atoms with Crippen LogP contribution in [0, 0.1) is 0 Å². The summed E-state index contributed by atoms with van der Waals surface area (Å²) in [5.41, 5.74) is 2.53. The van der Waals surface area contributed by atoms with Crippen molar-refractivity contribution >= 4 is 0 Å². The zero-order chi connectivity index (χ0) is 11.7. The van der Waals surface area contributed by atoms with Crippen molar-refractivity contribution in [1.29, 1.82) is 0 Å². The Morgan fingerprint density at radius 1 is 1.29 bits per heavy atom. The zero-order valence-electron chi connectivity index (χ0n) is 9.98. The fourth-order valence-corrected chi connectivity index (χ4v) is 3.14. The van der Waals surface area contributed by atoms with Crippen molar-refractivity contribution in [2.45, 2.75) is 31.0 Å². The SMILES string of the molecule is OCCC1OC2(CCNCC2)c2ccccc21. The summed E-state index contributed by atoms with van der Waals surface area (Å²) >= 11 is 0. The van der Waals surface area contributed by atoms with Gasteiger partial charge in [0.1, 0.15) is 0 Å². The van der Waals surface area contributed by atoms with Gasteiger partial charge in [0, 0.05) is 13.0 Å². The Balaban J connectivity index is 1.98. The summed E-state index contributed by atoms with van der Waals surface area (Å²) in [5, 5.41) is 12.5. The van der Waals surface area contributed by atoms with Crippen molar-refractivity contribution in [3.8, 4) is 0 Å². The first-order valence-corrected chi connectivity index (χ1v) is 6.44. The topological polar surface area (TPSA) is 41.5 Å². The van der Waals surface area contributed by atoms with E-state index in [2.05, 4.69) is 29.6 Å². The predicted molar refractivity (Wildman–Crippen MR) is 65.8 cm³/mol. The number of nitrogens with one attached hydrogen (secondary N) is 1. The molecule has 0 saturated carbocycles. The molecule has 2 N–H and O–H groups in total. The van der Waals surface area contributed by atoms with Gasteiger partial charge in [-0.05, 0) is 37.1 Å². The van der Waals surface area contributed by atoms with Crippen LogP contribution in [0.3, 0.4) is 0 Å². The third kappa shape index (κ3) is 1.79. The number of rotatable bonds is 2. The van der Waals surface area contributed by atoms with Gasteiger partial charge in [-0.1, -0.05) is 24.3 Å². The maximum atomic E-state index is 9.15. The molecule has 1 aromatic rings. The normalized spacial score (nSPS) is 26.1. The number of piperidine rings is 1. The first kappa shape index (κ1) is 11.2. The minimum Gasteiger partial charge on any atom is -0.396 e. The average Bonchev–Trinajstić information content (AvgIpc) is 2.66. The second-order valence-electron chi connectivity index (χ2n) is 4.95. The van der Waals surface area contributed by atoms with Gasteiger partial charge < -0.3 is 15.2 Å². The molecule has 1 spiro atoms. The molecule has 0 aromatic heterocycles. The van der Waals surface area contributed by atoms with E-state index in [4.69, 9.17) is 9.84 Å². The van der Waals surface area contributed by atoms with Crippen molar-refractivity contribution in [3.63, 3.8) is 0 Å². The van der Waals surface area contributed by atoms with E-state index in [1.165, 1.54) is 11.1 Å². The molecule has 1 fully saturated rings. The molecule has 92 valence electrons. The molecular weight excluding hydrogens is 214 g/mol. The summed E-state index contributed by atoms with van der Waals surface area (Å²) in [4.78, 5) is 0. The second-order valence-corrected chi connectivity index (χ2v) is 4.95. The molecule has 2 heterocycles. The minimum atomic E-state index is -0.0956. The first-order valence-electron chi connectivity index (χ1n) is 6.44. The molecular formula is C14H19NO2. The molecule has 0 amide bonds. The number of benzene rings is 1. The smallest absolute Gasteiger partial charge is 0.0967 e. The van der Waals surface area contributed by atoms with Gasteiger partial charge >= 0.3 is 0 Å². The third-order valence-electron chi connectivity index (χ3n) is 3.97. The van der Waals surface area contributed by atoms with E-state index in [0.29, 0.717) is 6.42 Å². The van der Waals surface area contributed by atoms with Gasteiger partial charge in [0.2, 0.25) is 0 Å². The van der Waals surface area contributed by atoms with Crippen LogP contribution in [0.1, 0.15) is 36.5 Å². The summed E-state index contributed by atoms with van der Waals surface area (Å²) in [6, 6.07) is 8.49. The number of aliphatic hydroxyl groups is 1. The van der Waals surface area contributed by atoms with Crippen LogP contribution < -0.4 is 5.32 Å². The van der Waals surface area contributed by atoms with E-state index in [1.807, 2.05) is 0 Å². The summed E-state index contributed by atoms with van der Waals surface area (Å²) in [6.07, 6.45) is 2.85. The molecule has 2 aliphatic heterocycles. The lowest BCUT2D eigenvalue weighted by atomic mass is 9.84. The highest BCUT2D eigenvalue weighted by atomic mass is 16.5. The van der Waals surface area contributed by atoms with E-state index in [0.717, 1.165) is 25.9 Å². The molecule has 0 radical (unpaired) electrons. The van der Waals surface area contributed by atoms with Crippen LogP contribution in [0.5, 0.6) is 0 Å². The molecule has 17 heavy (non-hydrogen) atoms. The number of fused-ring (bicyclic) bond motifs is 2. The van der Waals surface area contributed by atoms with Crippen LogP contribution in [0.15, 0.2) is 24.3 Å². The summed E-state index contributed by atoms with van der Waals surface area (Å²) < 4.78 is 6.30. The Morgan fingerprint density at radius 2 is 2.06 bits per heavy atom. The highest BCUT2D eigenvalue weighted by Crippen LogP contribution is 2.49. The van der Waals surface area contributed by atoms with E-state index >= 15 is 0 Å². The molecule has 3 heteroatoms. The average molecular weight is 233 g/mol. The summed E-state index contributed by atoms with van der Waals surface area (Å²) in [7, 11) is 0. The van der Waals surface area contributed by atoms with Crippen molar-refractivity contribution in [3.05, 3.63) is 35.4 Å². The maximum Gasteiger partial charge on any atom is 0.0967 e. The zero-order valence-corrected chi connectivity index (χ0v) is 9.98. The Kier molecular flexibility index (Phi) is 2.90. The molecule has 1 unspecified atom stereocenters. The van der Waals surface area contributed by atoms with Crippen LogP contribution in [0.25, 0.3) is 0 Å². The highest BCUT2D eigenvalue weighted by molar-refractivity contribution is 5.38. The predicted octanol–water partition coefficient (Wildman–Crippen LogP) is 1.72. The Morgan fingerprint density at radius 3 is 2.82 bits per heavy atom. The van der Waals surface area contributed by atoms with Crippen LogP contribution in [0.4, 0.5) is 0 Å². The molecule has 1 atom stereocenters. The molecule has 3 rings (SSSR count). The molecule has 3 nitrogen and oxygen atoms in total. The van der Waals surface area contributed by atoms with Gasteiger partial charge in [0.15, 0.2) is 0 Å². The highest BCUT2D eigenvalue weighted by Gasteiger charge is 2.44. The third-order valence-corrected chi connectivity index (χ3v) is 3.97. The fourth-order valence-electron chi connectivity index (χ4n) is 3.14. The van der Waals surface area contributed by atoms with Gasteiger partial charge in [-0.3, -0.25) is 0 Å². The molecule has 2 aliphatic rings. The van der Waals surface area contributed by atoms with Crippen molar-refractivity contribution in [2.75, 3.05) is 19.7 Å². The number of hydrogen-bond donors (Lipinski definition) is 2. The van der Waals surface area contributed by atoms with E-state index in [-0.39, 0.29) is 18.3 Å². The van der Waals surface area contributed by atoms with Crippen LogP contribution >= 0.6 is 0 Å². The second kappa shape index (κ2) is 4.41. The lowest BCUT2D eigenvalue weighted by molar-refractivity contribution is -0.0997. The molecule has 1 aromatic carbocycles. The van der Waals surface area contributed by atoms with Gasteiger partial charge in [0.05, 0.1) is 11.7 Å². The van der Waals surface area contributed by atoms with Gasteiger partial charge in [-0.15, -0.1) is 0 Å². The minimum absolute atomic E-state index is 0.0781. The van der Waals surface area contributed by atoms with Crippen molar-refractivity contribution in [1.82, 2.24) is 5.32 Å². The van der Waals surface area contributed by atoms with Crippen LogP contribution in [-0.2, 0) is 10.3 Å². The van der Waals surface area contributed by atoms with Gasteiger partial charge in [0.25, 0.3) is 0 Å². The molecule has 1 saturated heterocycles. The first-order chi connectivity index (χ1) is 8.36. The maximum absolute atomic E-state index is 9.15. The van der Waals surface area contributed by atoms with Gasteiger partial charge in [-0.25, -0.2) is 0 Å². The quantitative estimate of drug-likeness (QED) is 0.817. The lowest BCUT2D eigenvalue weighted by Gasteiger charge is -2.34. The van der Waals surface area contributed by atoms with Crippen molar-refractivity contribution in [2.24, 2.45) is 0 Å². The molecule has 0 aliphatic carbocycles. The van der Waals surface area contributed by atoms with Crippen LogP contribution in [0.2, 0.25) is 0 Å². The number of aliphatic hydroxyl groups excluding tert-OH is 1. The largest absolute Gasteiger partial charge is 0.396 e.